The minimum atomic E-state index is -0.951. The van der Waals surface area contributed by atoms with Crippen molar-refractivity contribution in [3.63, 3.8) is 0 Å². The first-order chi connectivity index (χ1) is 7.26. The SMILES string of the molecule is COCCCS(=O)Cc1ccc(C=O)o1. The molecule has 15 heavy (non-hydrogen) atoms. The summed E-state index contributed by atoms with van der Waals surface area (Å²) in [5.41, 5.74) is 0. The standard InChI is InChI=1S/C10H14O4S/c1-13-5-2-6-15(12)8-10-4-3-9(7-11)14-10/h3-4,7H,2,5-6,8H2,1H3. The maximum absolute atomic E-state index is 11.5. The maximum atomic E-state index is 11.5. The van der Waals surface area contributed by atoms with Crippen LogP contribution in [0.25, 0.3) is 0 Å². The van der Waals surface area contributed by atoms with Crippen molar-refractivity contribution in [3.8, 4) is 0 Å². The molecule has 0 aromatic carbocycles. The van der Waals surface area contributed by atoms with E-state index >= 15 is 0 Å². The molecule has 0 aliphatic rings. The van der Waals surface area contributed by atoms with Crippen LogP contribution in [0.4, 0.5) is 0 Å². The summed E-state index contributed by atoms with van der Waals surface area (Å²) in [6, 6.07) is 3.26. The van der Waals surface area contributed by atoms with Gasteiger partial charge in [-0.3, -0.25) is 9.00 Å². The first kappa shape index (κ1) is 12.1. The van der Waals surface area contributed by atoms with Crippen LogP contribution >= 0.6 is 0 Å². The van der Waals surface area contributed by atoms with E-state index in [1.54, 1.807) is 19.2 Å². The molecular formula is C10H14O4S. The molecule has 0 N–H and O–H groups in total. The van der Waals surface area contributed by atoms with E-state index in [9.17, 15) is 9.00 Å². The Hall–Kier alpha value is -0.940. The fraction of sp³-hybridized carbons (Fsp3) is 0.500. The molecule has 0 spiro atoms. The second-order valence-corrected chi connectivity index (χ2v) is 4.63. The largest absolute Gasteiger partial charge is 0.457 e. The van der Waals surface area contributed by atoms with E-state index in [2.05, 4.69) is 0 Å². The number of hydrogen-bond acceptors (Lipinski definition) is 4. The van der Waals surface area contributed by atoms with Crippen LogP contribution in [0.3, 0.4) is 0 Å². The van der Waals surface area contributed by atoms with Crippen molar-refractivity contribution in [1.82, 2.24) is 0 Å². The Bertz CT molecular complexity index is 332. The summed E-state index contributed by atoms with van der Waals surface area (Å²) in [5.74, 6) is 1.81. The van der Waals surface area contributed by atoms with E-state index in [1.807, 2.05) is 0 Å². The molecule has 4 nitrogen and oxygen atoms in total. The lowest BCUT2D eigenvalue weighted by molar-refractivity contribution is 0.109. The van der Waals surface area contributed by atoms with Gasteiger partial charge < -0.3 is 9.15 Å². The molecule has 1 aromatic rings. The quantitative estimate of drug-likeness (QED) is 0.524. The number of ether oxygens (including phenoxy) is 1. The van der Waals surface area contributed by atoms with Crippen LogP contribution in [0.5, 0.6) is 0 Å². The molecular weight excluding hydrogens is 216 g/mol. The summed E-state index contributed by atoms with van der Waals surface area (Å²) in [5, 5.41) is 0. The molecule has 0 aliphatic heterocycles. The van der Waals surface area contributed by atoms with Crippen LogP contribution in [-0.4, -0.2) is 30.0 Å². The van der Waals surface area contributed by atoms with Gasteiger partial charge in [-0.05, 0) is 18.6 Å². The molecule has 0 fully saturated rings. The van der Waals surface area contributed by atoms with Crippen LogP contribution in [0, 0.1) is 0 Å². The third-order valence-corrected chi connectivity index (χ3v) is 3.17. The minimum Gasteiger partial charge on any atom is -0.457 e. The zero-order chi connectivity index (χ0) is 11.1. The van der Waals surface area contributed by atoms with E-state index in [1.165, 1.54) is 0 Å². The van der Waals surface area contributed by atoms with Gasteiger partial charge in [0.15, 0.2) is 12.0 Å². The summed E-state index contributed by atoms with van der Waals surface area (Å²) in [6.45, 7) is 0.615. The van der Waals surface area contributed by atoms with E-state index < -0.39 is 10.8 Å². The topological polar surface area (TPSA) is 56.5 Å². The van der Waals surface area contributed by atoms with Crippen LogP contribution < -0.4 is 0 Å². The number of carbonyl (C=O) groups is 1. The molecule has 0 radical (unpaired) electrons. The van der Waals surface area contributed by atoms with E-state index in [0.29, 0.717) is 30.2 Å². The predicted molar refractivity (Wildman–Crippen MR) is 57.3 cm³/mol. The highest BCUT2D eigenvalue weighted by Gasteiger charge is 2.06. The van der Waals surface area contributed by atoms with Crippen LogP contribution in [0.15, 0.2) is 16.5 Å². The minimum absolute atomic E-state index is 0.277. The molecule has 1 unspecified atom stereocenters. The lowest BCUT2D eigenvalue weighted by atomic mass is 10.4. The Kier molecular flexibility index (Phi) is 5.28. The van der Waals surface area contributed by atoms with Crippen molar-refractivity contribution < 1.29 is 18.2 Å². The molecule has 0 saturated carbocycles. The van der Waals surface area contributed by atoms with Crippen molar-refractivity contribution in [2.75, 3.05) is 19.5 Å². The second-order valence-electron chi connectivity index (χ2n) is 3.06. The lowest BCUT2D eigenvalue weighted by Crippen LogP contribution is -2.03. The molecule has 0 saturated heterocycles. The highest BCUT2D eigenvalue weighted by molar-refractivity contribution is 7.84. The van der Waals surface area contributed by atoms with Gasteiger partial charge in [-0.15, -0.1) is 0 Å². The molecule has 1 atom stereocenters. The van der Waals surface area contributed by atoms with Crippen molar-refractivity contribution in [1.29, 1.82) is 0 Å². The molecule has 0 bridgehead atoms. The Morgan fingerprint density at radius 2 is 2.33 bits per heavy atom. The first-order valence-electron chi connectivity index (χ1n) is 4.64. The molecule has 1 heterocycles. The average molecular weight is 230 g/mol. The van der Waals surface area contributed by atoms with Gasteiger partial charge in [-0.2, -0.15) is 0 Å². The molecule has 0 aliphatic carbocycles. The third-order valence-electron chi connectivity index (χ3n) is 1.82. The number of hydrogen-bond donors (Lipinski definition) is 0. The maximum Gasteiger partial charge on any atom is 0.185 e. The van der Waals surface area contributed by atoms with Gasteiger partial charge in [-0.1, -0.05) is 0 Å². The lowest BCUT2D eigenvalue weighted by Gasteiger charge is -1.99. The zero-order valence-electron chi connectivity index (χ0n) is 8.60. The molecule has 1 rings (SSSR count). The Morgan fingerprint density at radius 1 is 1.53 bits per heavy atom. The summed E-state index contributed by atoms with van der Waals surface area (Å²) < 4.78 is 21.5. The summed E-state index contributed by atoms with van der Waals surface area (Å²) in [6.07, 6.45) is 1.40. The van der Waals surface area contributed by atoms with Gasteiger partial charge in [0.2, 0.25) is 0 Å². The summed E-state index contributed by atoms with van der Waals surface area (Å²) >= 11 is 0. The fourth-order valence-electron chi connectivity index (χ4n) is 1.13. The van der Waals surface area contributed by atoms with Gasteiger partial charge in [0, 0.05) is 30.3 Å². The third kappa shape index (κ3) is 4.40. The van der Waals surface area contributed by atoms with Gasteiger partial charge in [0.05, 0.1) is 5.75 Å². The number of furan rings is 1. The van der Waals surface area contributed by atoms with Crippen molar-refractivity contribution in [2.24, 2.45) is 0 Å². The van der Waals surface area contributed by atoms with Crippen LogP contribution in [0.1, 0.15) is 22.7 Å². The smallest absolute Gasteiger partial charge is 0.185 e. The summed E-state index contributed by atoms with van der Waals surface area (Å²) in [7, 11) is 0.666. The molecule has 84 valence electrons. The van der Waals surface area contributed by atoms with Crippen molar-refractivity contribution in [3.05, 3.63) is 23.7 Å². The Morgan fingerprint density at radius 3 is 2.93 bits per heavy atom. The normalized spacial score (nSPS) is 12.6. The van der Waals surface area contributed by atoms with E-state index in [4.69, 9.17) is 9.15 Å². The van der Waals surface area contributed by atoms with Gasteiger partial charge in [0.25, 0.3) is 0 Å². The van der Waals surface area contributed by atoms with Crippen molar-refractivity contribution in [2.45, 2.75) is 12.2 Å². The average Bonchev–Trinajstić information content (AvgIpc) is 2.66. The Balaban J connectivity index is 2.34. The molecule has 0 amide bonds. The molecule has 5 heteroatoms. The summed E-state index contributed by atoms with van der Waals surface area (Å²) in [4.78, 5) is 10.3. The second kappa shape index (κ2) is 6.53. The number of methoxy groups -OCH3 is 1. The molecule has 1 aromatic heterocycles. The van der Waals surface area contributed by atoms with E-state index in [0.717, 1.165) is 6.42 Å². The highest BCUT2D eigenvalue weighted by Crippen LogP contribution is 2.08. The fourth-order valence-corrected chi connectivity index (χ4v) is 2.19. The van der Waals surface area contributed by atoms with Gasteiger partial charge in [0.1, 0.15) is 5.76 Å². The van der Waals surface area contributed by atoms with Crippen LogP contribution in [-0.2, 0) is 21.3 Å². The zero-order valence-corrected chi connectivity index (χ0v) is 9.42. The number of aldehydes is 1. The van der Waals surface area contributed by atoms with Gasteiger partial charge in [-0.25, -0.2) is 0 Å². The number of carbonyl (C=O) groups excluding carboxylic acids is 1. The van der Waals surface area contributed by atoms with Gasteiger partial charge >= 0.3 is 0 Å². The van der Waals surface area contributed by atoms with E-state index in [-0.39, 0.29) is 5.76 Å². The first-order valence-corrected chi connectivity index (χ1v) is 6.13. The number of rotatable bonds is 7. The highest BCUT2D eigenvalue weighted by atomic mass is 32.2. The predicted octanol–water partition coefficient (Wildman–Crippen LogP) is 1.38. The monoisotopic (exact) mass is 230 g/mol. The van der Waals surface area contributed by atoms with Crippen LogP contribution in [0.2, 0.25) is 0 Å². The van der Waals surface area contributed by atoms with Crippen molar-refractivity contribution >= 4 is 17.1 Å². The Labute approximate surface area is 91.1 Å².